The van der Waals surface area contributed by atoms with Crippen molar-refractivity contribution < 1.29 is 28.6 Å². The molecule has 1 amide bonds. The van der Waals surface area contributed by atoms with Gasteiger partial charge in [0.15, 0.2) is 14.7 Å². The summed E-state index contributed by atoms with van der Waals surface area (Å²) < 4.78 is 21.2. The van der Waals surface area contributed by atoms with E-state index in [0.29, 0.717) is 4.90 Å². The van der Waals surface area contributed by atoms with Crippen molar-refractivity contribution in [1.29, 1.82) is 0 Å². The van der Waals surface area contributed by atoms with Gasteiger partial charge in [-0.3, -0.25) is 4.90 Å². The smallest absolute Gasteiger partial charge is 0.408 e. The van der Waals surface area contributed by atoms with Crippen LogP contribution < -0.4 is 0 Å². The molecule has 1 aliphatic heterocycles. The Labute approximate surface area is 125 Å². The molecular weight excluding hydrogens is 297 g/mol. The summed E-state index contributed by atoms with van der Waals surface area (Å²) in [5, 5.41) is 18.2. The number of carboxylic acids is 1. The monoisotopic (exact) mass is 321 g/mol. The van der Waals surface area contributed by atoms with Crippen LogP contribution in [0.5, 0.6) is 0 Å². The van der Waals surface area contributed by atoms with E-state index in [0.717, 1.165) is 0 Å². The Kier molecular flexibility index (Phi) is 5.04. The Morgan fingerprint density at radius 2 is 1.90 bits per heavy atom. The normalized spacial score (nSPS) is 28.0. The van der Waals surface area contributed by atoms with Gasteiger partial charge in [0.05, 0.1) is 12.6 Å². The van der Waals surface area contributed by atoms with Crippen molar-refractivity contribution in [2.24, 2.45) is 5.41 Å². The van der Waals surface area contributed by atoms with Gasteiger partial charge in [-0.05, 0) is 18.5 Å². The van der Waals surface area contributed by atoms with Crippen LogP contribution in [0, 0.1) is 5.41 Å². The molecule has 1 fully saturated rings. The van der Waals surface area contributed by atoms with Crippen molar-refractivity contribution in [2.45, 2.75) is 58.1 Å². The van der Waals surface area contributed by atoms with Gasteiger partial charge in [-0.15, -0.1) is 0 Å². The molecule has 6 nitrogen and oxygen atoms in total. The van der Waals surface area contributed by atoms with E-state index in [-0.39, 0.29) is 6.42 Å². The van der Waals surface area contributed by atoms with Gasteiger partial charge in [0.1, 0.15) is 6.04 Å². The first-order valence-corrected chi connectivity index (χ1v) is 9.73. The minimum absolute atomic E-state index is 0.377. The molecule has 1 aliphatic rings. The number of rotatable bonds is 4. The molecule has 21 heavy (non-hydrogen) atoms. The highest BCUT2D eigenvalue weighted by Gasteiger charge is 2.57. The summed E-state index contributed by atoms with van der Waals surface area (Å²) in [6.45, 7) is 8.78. The van der Waals surface area contributed by atoms with Gasteiger partial charge < -0.3 is 14.6 Å². The van der Waals surface area contributed by atoms with Crippen molar-refractivity contribution in [3.63, 3.8) is 0 Å². The molecule has 122 valence electrons. The number of halogens is 1. The molecule has 0 aromatic carbocycles. The number of hydrogen-bond donors (Lipinski definition) is 2. The highest BCUT2D eigenvalue weighted by Crippen LogP contribution is 2.42. The van der Waals surface area contributed by atoms with Crippen LogP contribution in [0.25, 0.3) is 0 Å². The Bertz CT molecular complexity index is 401. The number of alkyl halides is 1. The van der Waals surface area contributed by atoms with Crippen LogP contribution in [-0.2, 0) is 9.22 Å². The number of amides is 1. The zero-order valence-corrected chi connectivity index (χ0v) is 14.2. The number of carbonyl (C=O) groups is 2. The molecule has 0 radical (unpaired) electrons. The molecule has 0 aromatic heterocycles. The molecule has 1 saturated heterocycles. The fraction of sp³-hybridized carbons (Fsp3) is 0.846. The van der Waals surface area contributed by atoms with Gasteiger partial charge in [0, 0.05) is 6.42 Å². The minimum Gasteiger partial charge on any atom is -0.480 e. The topological polar surface area (TPSA) is 87.1 Å². The molecule has 1 rings (SSSR count). The van der Waals surface area contributed by atoms with Gasteiger partial charge in [-0.25, -0.2) is 14.0 Å². The van der Waals surface area contributed by atoms with E-state index in [1.807, 2.05) is 33.9 Å². The highest BCUT2D eigenvalue weighted by molar-refractivity contribution is 6.48. The highest BCUT2D eigenvalue weighted by atomic mass is 28.3. The molecule has 1 heterocycles. The standard InChI is InChI=1S/C13H24FNO5Si/c1-12(2,3)10(20-21(4)5)13(14)6-8(9(16)17)15(7-13)11(18)19/h8,10,21H,6-7H2,1-5H3,(H,16,17)(H,18,19)/t8-,10?,13+/m0/s1. The number of aliphatic carboxylic acids is 1. The molecule has 0 aliphatic carbocycles. The fourth-order valence-corrected chi connectivity index (χ4v) is 4.07. The first-order chi connectivity index (χ1) is 9.38. The molecule has 0 spiro atoms. The summed E-state index contributed by atoms with van der Waals surface area (Å²) >= 11 is 0. The second kappa shape index (κ2) is 5.92. The molecule has 8 heteroatoms. The summed E-state index contributed by atoms with van der Waals surface area (Å²) in [5.41, 5.74) is -2.54. The quantitative estimate of drug-likeness (QED) is 0.773. The van der Waals surface area contributed by atoms with E-state index in [9.17, 15) is 9.59 Å². The molecule has 0 saturated carbocycles. The average molecular weight is 321 g/mol. The first kappa shape index (κ1) is 17.9. The predicted octanol–water partition coefficient (Wildman–Crippen LogP) is 1.95. The summed E-state index contributed by atoms with van der Waals surface area (Å²) in [6.07, 6.45) is -2.63. The maximum absolute atomic E-state index is 15.4. The van der Waals surface area contributed by atoms with Crippen LogP contribution in [0.15, 0.2) is 0 Å². The maximum Gasteiger partial charge on any atom is 0.408 e. The van der Waals surface area contributed by atoms with Crippen molar-refractivity contribution in [2.75, 3.05) is 6.54 Å². The lowest BCUT2D eigenvalue weighted by Gasteiger charge is -2.40. The van der Waals surface area contributed by atoms with Crippen molar-refractivity contribution in [3.8, 4) is 0 Å². The summed E-state index contributed by atoms with van der Waals surface area (Å²) in [7, 11) is -1.57. The number of nitrogens with zero attached hydrogens (tertiary/aromatic N) is 1. The predicted molar refractivity (Wildman–Crippen MR) is 77.8 cm³/mol. The van der Waals surface area contributed by atoms with Crippen molar-refractivity contribution >= 4 is 21.1 Å². The largest absolute Gasteiger partial charge is 0.480 e. The van der Waals surface area contributed by atoms with Gasteiger partial charge in [0.2, 0.25) is 0 Å². The van der Waals surface area contributed by atoms with E-state index in [1.54, 1.807) is 0 Å². The molecule has 0 bridgehead atoms. The fourth-order valence-electron chi connectivity index (χ4n) is 2.88. The van der Waals surface area contributed by atoms with Gasteiger partial charge >= 0.3 is 12.1 Å². The van der Waals surface area contributed by atoms with E-state index in [2.05, 4.69) is 0 Å². The lowest BCUT2D eigenvalue weighted by atomic mass is 9.78. The van der Waals surface area contributed by atoms with Crippen molar-refractivity contribution in [3.05, 3.63) is 0 Å². The number of hydrogen-bond acceptors (Lipinski definition) is 3. The van der Waals surface area contributed by atoms with Crippen LogP contribution >= 0.6 is 0 Å². The second-order valence-electron chi connectivity index (χ2n) is 6.93. The summed E-state index contributed by atoms with van der Waals surface area (Å²) in [4.78, 5) is 23.0. The molecule has 2 N–H and O–H groups in total. The number of likely N-dealkylation sites (tertiary alicyclic amines) is 1. The Balaban J connectivity index is 3.13. The second-order valence-corrected chi connectivity index (χ2v) is 9.30. The van der Waals surface area contributed by atoms with Crippen LogP contribution in [0.1, 0.15) is 27.2 Å². The molecular formula is C13H24FNO5Si. The summed E-state index contributed by atoms with van der Waals surface area (Å²) in [5.74, 6) is -1.33. The Morgan fingerprint density at radius 1 is 1.38 bits per heavy atom. The third kappa shape index (κ3) is 3.94. The zero-order valence-electron chi connectivity index (χ0n) is 13.1. The SMILES string of the molecule is C[SiH](C)OC(C(C)(C)C)[C@@]1(F)C[C@@H](C(=O)O)N(C(=O)O)C1. The lowest BCUT2D eigenvalue weighted by Crippen LogP contribution is -2.51. The third-order valence-corrected chi connectivity index (χ3v) is 4.35. The van der Waals surface area contributed by atoms with Crippen LogP contribution in [0.4, 0.5) is 9.18 Å². The average Bonchev–Trinajstić information content (AvgIpc) is 2.64. The van der Waals surface area contributed by atoms with Crippen LogP contribution in [0.3, 0.4) is 0 Å². The van der Waals surface area contributed by atoms with Crippen molar-refractivity contribution in [1.82, 2.24) is 4.90 Å². The van der Waals surface area contributed by atoms with Gasteiger partial charge in [0.25, 0.3) is 0 Å². The van der Waals surface area contributed by atoms with E-state index < -0.39 is 50.9 Å². The van der Waals surface area contributed by atoms with Gasteiger partial charge in [-0.1, -0.05) is 20.8 Å². The van der Waals surface area contributed by atoms with E-state index in [1.165, 1.54) is 0 Å². The molecule has 0 aromatic rings. The lowest BCUT2D eigenvalue weighted by molar-refractivity contribution is -0.141. The Hall–Kier alpha value is -1.15. The third-order valence-electron chi connectivity index (χ3n) is 3.54. The minimum atomic E-state index is -1.99. The maximum atomic E-state index is 15.4. The molecule has 1 unspecified atom stereocenters. The van der Waals surface area contributed by atoms with E-state index in [4.69, 9.17) is 14.6 Å². The van der Waals surface area contributed by atoms with Crippen LogP contribution in [0.2, 0.25) is 13.1 Å². The Morgan fingerprint density at radius 3 is 2.19 bits per heavy atom. The van der Waals surface area contributed by atoms with Crippen LogP contribution in [-0.4, -0.2) is 60.6 Å². The zero-order chi connectivity index (χ0) is 16.6. The summed E-state index contributed by atoms with van der Waals surface area (Å²) in [6, 6.07) is -1.37. The van der Waals surface area contributed by atoms with E-state index >= 15 is 4.39 Å². The number of carboxylic acid groups (broad SMARTS) is 2. The first-order valence-electron chi connectivity index (χ1n) is 6.95. The molecule has 3 atom stereocenters. The van der Waals surface area contributed by atoms with Gasteiger partial charge in [-0.2, -0.15) is 0 Å².